The minimum atomic E-state index is -0.607. The molecule has 1 atom stereocenters. The van der Waals surface area contributed by atoms with Gasteiger partial charge in [0.2, 0.25) is 11.7 Å². The van der Waals surface area contributed by atoms with E-state index in [0.717, 1.165) is 5.56 Å². The van der Waals surface area contributed by atoms with Gasteiger partial charge in [-0.2, -0.15) is 4.80 Å². The molecule has 0 aliphatic heterocycles. The van der Waals surface area contributed by atoms with Gasteiger partial charge in [-0.05, 0) is 49.7 Å². The molecule has 1 aromatic carbocycles. The monoisotopic (exact) mass is 379 g/mol. The Hall–Kier alpha value is -2.48. The first kappa shape index (κ1) is 19.8. The van der Waals surface area contributed by atoms with Gasteiger partial charge in [0.15, 0.2) is 6.04 Å². The second-order valence-electron chi connectivity index (χ2n) is 5.94. The Morgan fingerprint density at radius 2 is 1.96 bits per heavy atom. The van der Waals surface area contributed by atoms with E-state index in [0.29, 0.717) is 17.3 Å². The van der Waals surface area contributed by atoms with Gasteiger partial charge in [0.25, 0.3) is 0 Å². The Morgan fingerprint density at radius 3 is 2.58 bits per heavy atom. The lowest BCUT2D eigenvalue weighted by molar-refractivity contribution is -0.147. The van der Waals surface area contributed by atoms with Gasteiger partial charge in [-0.3, -0.25) is 9.59 Å². The third-order valence-corrected chi connectivity index (χ3v) is 3.75. The van der Waals surface area contributed by atoms with Crippen LogP contribution in [0.2, 0.25) is 5.02 Å². The highest BCUT2D eigenvalue weighted by Crippen LogP contribution is 2.18. The van der Waals surface area contributed by atoms with E-state index in [2.05, 4.69) is 20.7 Å². The van der Waals surface area contributed by atoms with E-state index in [4.69, 9.17) is 16.3 Å². The van der Waals surface area contributed by atoms with E-state index >= 15 is 0 Å². The van der Waals surface area contributed by atoms with Gasteiger partial charge < -0.3 is 10.1 Å². The molecule has 0 aliphatic rings. The zero-order valence-electron chi connectivity index (χ0n) is 15.0. The summed E-state index contributed by atoms with van der Waals surface area (Å²) >= 11 is 5.87. The van der Waals surface area contributed by atoms with Gasteiger partial charge in [0.1, 0.15) is 0 Å². The summed E-state index contributed by atoms with van der Waals surface area (Å²) < 4.78 is 5.02. The minimum absolute atomic E-state index is 0.112. The molecule has 9 heteroatoms. The van der Waals surface area contributed by atoms with Crippen molar-refractivity contribution in [1.82, 2.24) is 25.5 Å². The summed E-state index contributed by atoms with van der Waals surface area (Å²) in [7, 11) is 0. The van der Waals surface area contributed by atoms with E-state index in [1.165, 1.54) is 4.80 Å². The smallest absolute Gasteiger partial charge is 0.307 e. The molecule has 1 aromatic heterocycles. The average Bonchev–Trinajstić information content (AvgIpc) is 3.05. The van der Waals surface area contributed by atoms with Crippen LogP contribution < -0.4 is 5.32 Å². The summed E-state index contributed by atoms with van der Waals surface area (Å²) in [6, 6.07) is 6.43. The van der Waals surface area contributed by atoms with Crippen LogP contribution in [0.15, 0.2) is 24.3 Å². The van der Waals surface area contributed by atoms with Crippen molar-refractivity contribution in [3.63, 3.8) is 0 Å². The molecule has 8 nitrogen and oxygen atoms in total. The van der Waals surface area contributed by atoms with Crippen molar-refractivity contribution >= 4 is 23.5 Å². The zero-order chi connectivity index (χ0) is 19.1. The number of benzene rings is 1. The Bertz CT molecular complexity index is 745. The number of hydrogen-bond donors (Lipinski definition) is 1. The van der Waals surface area contributed by atoms with Crippen molar-refractivity contribution in [2.75, 3.05) is 6.54 Å². The number of carbonyl (C=O) groups excluding carboxylic acids is 2. The summed E-state index contributed by atoms with van der Waals surface area (Å²) in [5.74, 6) is -0.212. The maximum Gasteiger partial charge on any atom is 0.307 e. The maximum atomic E-state index is 12.4. The predicted molar refractivity (Wildman–Crippen MR) is 96.4 cm³/mol. The fraction of sp³-hybridized carbons (Fsp3) is 0.471. The van der Waals surface area contributed by atoms with Gasteiger partial charge in [-0.25, -0.2) is 0 Å². The van der Waals surface area contributed by atoms with Crippen LogP contribution >= 0.6 is 11.6 Å². The molecule has 2 aromatic rings. The first-order valence-electron chi connectivity index (χ1n) is 8.43. The molecule has 0 spiro atoms. The predicted octanol–water partition coefficient (Wildman–Crippen LogP) is 2.40. The molecule has 1 N–H and O–H groups in total. The molecule has 1 heterocycles. The normalized spacial score (nSPS) is 12.0. The third kappa shape index (κ3) is 5.52. The number of hydrogen-bond acceptors (Lipinski definition) is 6. The summed E-state index contributed by atoms with van der Waals surface area (Å²) in [6.07, 6.45) is 0.423. The lowest BCUT2D eigenvalue weighted by Gasteiger charge is -2.13. The number of carbonyl (C=O) groups is 2. The van der Waals surface area contributed by atoms with Crippen molar-refractivity contribution < 1.29 is 14.3 Å². The number of rotatable bonds is 8. The molecule has 26 heavy (non-hydrogen) atoms. The summed E-state index contributed by atoms with van der Waals surface area (Å²) in [6.45, 7) is 5.60. The van der Waals surface area contributed by atoms with Gasteiger partial charge in [0, 0.05) is 17.1 Å². The lowest BCUT2D eigenvalue weighted by Crippen LogP contribution is -2.35. The third-order valence-electron chi connectivity index (χ3n) is 3.49. The Balaban J connectivity index is 1.96. The van der Waals surface area contributed by atoms with Crippen molar-refractivity contribution in [2.24, 2.45) is 0 Å². The van der Waals surface area contributed by atoms with E-state index in [-0.39, 0.29) is 30.9 Å². The second kappa shape index (κ2) is 9.28. The molecule has 0 saturated carbocycles. The second-order valence-corrected chi connectivity index (χ2v) is 6.38. The number of amides is 1. The fourth-order valence-electron chi connectivity index (χ4n) is 2.25. The number of aromatic nitrogens is 4. The molecule has 1 amide bonds. The highest BCUT2D eigenvalue weighted by atomic mass is 35.5. The van der Waals surface area contributed by atoms with Crippen LogP contribution in [-0.2, 0) is 14.3 Å². The quantitative estimate of drug-likeness (QED) is 0.707. The number of tetrazole rings is 1. The van der Waals surface area contributed by atoms with Crippen molar-refractivity contribution in [3.8, 4) is 11.4 Å². The SMILES string of the molecule is CCC(C(=O)NCCC(=O)OC(C)C)n1nnc(-c2ccc(Cl)cc2)n1. The minimum Gasteiger partial charge on any atom is -0.463 e. The summed E-state index contributed by atoms with van der Waals surface area (Å²) in [5, 5.41) is 15.6. The fourth-order valence-corrected chi connectivity index (χ4v) is 2.38. The molecule has 2 rings (SSSR count). The number of halogens is 1. The van der Waals surface area contributed by atoms with Crippen LogP contribution in [-0.4, -0.2) is 44.7 Å². The van der Waals surface area contributed by atoms with E-state index in [1.54, 1.807) is 38.1 Å². The molecule has 0 aliphatic carbocycles. The first-order chi connectivity index (χ1) is 12.4. The Morgan fingerprint density at radius 1 is 1.27 bits per heavy atom. The summed E-state index contributed by atoms with van der Waals surface area (Å²) in [5.41, 5.74) is 0.757. The molecule has 0 bridgehead atoms. The van der Waals surface area contributed by atoms with Gasteiger partial charge in [-0.1, -0.05) is 18.5 Å². The molecule has 0 fully saturated rings. The van der Waals surface area contributed by atoms with Crippen LogP contribution in [0.25, 0.3) is 11.4 Å². The van der Waals surface area contributed by atoms with Crippen LogP contribution in [0.5, 0.6) is 0 Å². The largest absolute Gasteiger partial charge is 0.463 e. The van der Waals surface area contributed by atoms with Gasteiger partial charge >= 0.3 is 5.97 Å². The molecule has 140 valence electrons. The van der Waals surface area contributed by atoms with E-state index < -0.39 is 6.04 Å². The molecular weight excluding hydrogens is 358 g/mol. The van der Waals surface area contributed by atoms with Crippen LogP contribution in [0.3, 0.4) is 0 Å². The van der Waals surface area contributed by atoms with E-state index in [9.17, 15) is 9.59 Å². The Kier molecular flexibility index (Phi) is 7.08. The standard InChI is InChI=1S/C17H22ClN5O3/c1-4-14(17(25)19-10-9-15(24)26-11(2)3)23-21-16(20-22-23)12-5-7-13(18)8-6-12/h5-8,11,14H,4,9-10H2,1-3H3,(H,19,25). The molecule has 1 unspecified atom stereocenters. The summed E-state index contributed by atoms with van der Waals surface area (Å²) in [4.78, 5) is 25.1. The van der Waals surface area contributed by atoms with Crippen LogP contribution in [0.1, 0.15) is 39.7 Å². The number of nitrogens with one attached hydrogen (secondary N) is 1. The molecular formula is C17H22ClN5O3. The van der Waals surface area contributed by atoms with Crippen molar-refractivity contribution in [3.05, 3.63) is 29.3 Å². The topological polar surface area (TPSA) is 99.0 Å². The molecule has 0 radical (unpaired) electrons. The number of ether oxygens (including phenoxy) is 1. The lowest BCUT2D eigenvalue weighted by atomic mass is 10.2. The zero-order valence-corrected chi connectivity index (χ0v) is 15.7. The van der Waals surface area contributed by atoms with Gasteiger partial charge in [0.05, 0.1) is 12.5 Å². The number of esters is 1. The van der Waals surface area contributed by atoms with Crippen molar-refractivity contribution in [2.45, 2.75) is 45.8 Å². The highest BCUT2D eigenvalue weighted by Gasteiger charge is 2.22. The van der Waals surface area contributed by atoms with Crippen LogP contribution in [0, 0.1) is 0 Å². The number of nitrogens with zero attached hydrogens (tertiary/aromatic N) is 4. The average molecular weight is 380 g/mol. The van der Waals surface area contributed by atoms with Gasteiger partial charge in [-0.15, -0.1) is 10.2 Å². The van der Waals surface area contributed by atoms with Crippen molar-refractivity contribution in [1.29, 1.82) is 0 Å². The highest BCUT2D eigenvalue weighted by molar-refractivity contribution is 6.30. The maximum absolute atomic E-state index is 12.4. The van der Waals surface area contributed by atoms with E-state index in [1.807, 2.05) is 6.92 Å². The first-order valence-corrected chi connectivity index (χ1v) is 8.81. The van der Waals surface area contributed by atoms with Crippen LogP contribution in [0.4, 0.5) is 0 Å². The Labute approximate surface area is 156 Å². The molecule has 0 saturated heterocycles.